The SMILES string of the molecule is CC(=O)COn1ncc(-c2ccc(S(C)(=O)=O)cc2)cc1=O. The fraction of sp³-hybridized carbons (Fsp3) is 0.214. The van der Waals surface area contributed by atoms with Crippen molar-refractivity contribution < 1.29 is 18.0 Å². The molecule has 1 heterocycles. The van der Waals surface area contributed by atoms with Gasteiger partial charge in [-0.2, -0.15) is 0 Å². The summed E-state index contributed by atoms with van der Waals surface area (Å²) < 4.78 is 22.8. The van der Waals surface area contributed by atoms with E-state index in [-0.39, 0.29) is 17.3 Å². The number of ketones is 1. The second kappa shape index (κ2) is 6.10. The summed E-state index contributed by atoms with van der Waals surface area (Å²) in [5.74, 6) is -0.228. The lowest BCUT2D eigenvalue weighted by atomic mass is 10.1. The van der Waals surface area contributed by atoms with E-state index in [1.54, 1.807) is 12.1 Å². The van der Waals surface area contributed by atoms with E-state index in [9.17, 15) is 18.0 Å². The third-order valence-electron chi connectivity index (χ3n) is 2.78. The summed E-state index contributed by atoms with van der Waals surface area (Å²) in [5.41, 5.74) is 0.648. The molecule has 0 bridgehead atoms. The summed E-state index contributed by atoms with van der Waals surface area (Å²) in [7, 11) is -3.27. The fourth-order valence-electron chi connectivity index (χ4n) is 1.70. The lowest BCUT2D eigenvalue weighted by molar-refractivity contribution is -0.122. The van der Waals surface area contributed by atoms with Crippen LogP contribution in [0.3, 0.4) is 0 Å². The molecule has 2 aromatic rings. The zero-order valence-corrected chi connectivity index (χ0v) is 12.8. The van der Waals surface area contributed by atoms with E-state index in [1.165, 1.54) is 31.3 Å². The summed E-state index contributed by atoms with van der Waals surface area (Å²) in [6, 6.07) is 7.40. The number of Topliss-reactive ketones (excluding diaryl/α,β-unsaturated/α-hetero) is 1. The molecule has 0 aliphatic rings. The van der Waals surface area contributed by atoms with Crippen molar-refractivity contribution in [2.24, 2.45) is 0 Å². The van der Waals surface area contributed by atoms with Crippen molar-refractivity contribution in [2.75, 3.05) is 12.9 Å². The highest BCUT2D eigenvalue weighted by Gasteiger charge is 2.08. The molecule has 0 atom stereocenters. The van der Waals surface area contributed by atoms with Gasteiger partial charge in [-0.25, -0.2) is 8.42 Å². The van der Waals surface area contributed by atoms with Crippen LogP contribution in [-0.2, 0) is 14.6 Å². The number of hydrogen-bond donors (Lipinski definition) is 0. The molecule has 7 nitrogen and oxygen atoms in total. The molecule has 2 rings (SSSR count). The van der Waals surface area contributed by atoms with Crippen LogP contribution in [-0.4, -0.2) is 37.0 Å². The Morgan fingerprint density at radius 2 is 1.86 bits per heavy atom. The van der Waals surface area contributed by atoms with Crippen LogP contribution in [0.5, 0.6) is 0 Å². The van der Waals surface area contributed by atoms with Crippen LogP contribution in [0.1, 0.15) is 6.92 Å². The third-order valence-corrected chi connectivity index (χ3v) is 3.90. The number of nitrogens with zero attached hydrogens (tertiary/aromatic N) is 2. The van der Waals surface area contributed by atoms with Gasteiger partial charge in [0.1, 0.15) is 0 Å². The number of aromatic nitrogens is 2. The topological polar surface area (TPSA) is 95.3 Å². The minimum absolute atomic E-state index is 0.197. The van der Waals surface area contributed by atoms with Crippen molar-refractivity contribution in [2.45, 2.75) is 11.8 Å². The van der Waals surface area contributed by atoms with E-state index in [4.69, 9.17) is 4.84 Å². The van der Waals surface area contributed by atoms with Gasteiger partial charge in [0.05, 0.1) is 11.1 Å². The molecule has 0 radical (unpaired) electrons. The van der Waals surface area contributed by atoms with Crippen LogP contribution in [0.15, 0.2) is 46.2 Å². The molecule has 1 aromatic heterocycles. The predicted molar refractivity (Wildman–Crippen MR) is 79.2 cm³/mol. The first-order valence-electron chi connectivity index (χ1n) is 6.30. The maximum atomic E-state index is 11.8. The molecule has 0 spiro atoms. The maximum absolute atomic E-state index is 11.8. The smallest absolute Gasteiger partial charge is 0.303 e. The Hall–Kier alpha value is -2.48. The molecule has 0 saturated heterocycles. The number of hydrogen-bond acceptors (Lipinski definition) is 6. The zero-order chi connectivity index (χ0) is 16.3. The van der Waals surface area contributed by atoms with Gasteiger partial charge in [0.15, 0.2) is 22.2 Å². The zero-order valence-electron chi connectivity index (χ0n) is 12.0. The van der Waals surface area contributed by atoms with Crippen molar-refractivity contribution >= 4 is 15.6 Å². The van der Waals surface area contributed by atoms with Gasteiger partial charge < -0.3 is 4.84 Å². The Bertz CT molecular complexity index is 854. The summed E-state index contributed by atoms with van der Waals surface area (Å²) in [6.07, 6.45) is 2.52. The second-order valence-corrected chi connectivity index (χ2v) is 6.74. The summed E-state index contributed by atoms with van der Waals surface area (Å²) in [4.78, 5) is 28.5. The molecule has 1 aromatic carbocycles. The third kappa shape index (κ3) is 3.79. The molecular formula is C14H14N2O5S. The van der Waals surface area contributed by atoms with Gasteiger partial charge in [0.2, 0.25) is 0 Å². The van der Waals surface area contributed by atoms with E-state index >= 15 is 0 Å². The van der Waals surface area contributed by atoms with Gasteiger partial charge in [-0.15, -0.1) is 5.10 Å². The second-order valence-electron chi connectivity index (χ2n) is 4.73. The van der Waals surface area contributed by atoms with Crippen LogP contribution in [0.2, 0.25) is 0 Å². The molecular weight excluding hydrogens is 308 g/mol. The number of sulfone groups is 1. The molecule has 0 aliphatic heterocycles. The van der Waals surface area contributed by atoms with Crippen LogP contribution in [0.4, 0.5) is 0 Å². The largest absolute Gasteiger partial charge is 0.386 e. The van der Waals surface area contributed by atoms with Gasteiger partial charge >= 0.3 is 5.56 Å². The van der Waals surface area contributed by atoms with Gasteiger partial charge in [0.25, 0.3) is 0 Å². The van der Waals surface area contributed by atoms with Gasteiger partial charge in [-0.3, -0.25) is 9.59 Å². The minimum atomic E-state index is -3.27. The molecule has 22 heavy (non-hydrogen) atoms. The van der Waals surface area contributed by atoms with Crippen molar-refractivity contribution in [1.29, 1.82) is 0 Å². The van der Waals surface area contributed by atoms with E-state index < -0.39 is 15.4 Å². The molecule has 0 amide bonds. The molecule has 0 unspecified atom stereocenters. The maximum Gasteiger partial charge on any atom is 0.303 e. The first kappa shape index (κ1) is 15.9. The molecule has 116 valence electrons. The van der Waals surface area contributed by atoms with E-state index in [1.807, 2.05) is 0 Å². The quantitative estimate of drug-likeness (QED) is 0.787. The Kier molecular flexibility index (Phi) is 4.41. The van der Waals surface area contributed by atoms with Crippen LogP contribution in [0.25, 0.3) is 11.1 Å². The highest BCUT2D eigenvalue weighted by atomic mass is 32.2. The highest BCUT2D eigenvalue weighted by molar-refractivity contribution is 7.90. The molecule has 0 N–H and O–H groups in total. The number of carbonyl (C=O) groups is 1. The number of rotatable bonds is 5. The lowest BCUT2D eigenvalue weighted by Gasteiger charge is -2.06. The van der Waals surface area contributed by atoms with Gasteiger partial charge in [0, 0.05) is 17.9 Å². The molecule has 0 aliphatic carbocycles. The van der Waals surface area contributed by atoms with E-state index in [0.29, 0.717) is 11.1 Å². The highest BCUT2D eigenvalue weighted by Crippen LogP contribution is 2.19. The van der Waals surface area contributed by atoms with Crippen LogP contribution < -0.4 is 10.4 Å². The van der Waals surface area contributed by atoms with Crippen molar-refractivity contribution in [3.63, 3.8) is 0 Å². The lowest BCUT2D eigenvalue weighted by Crippen LogP contribution is -2.31. The molecule has 0 fully saturated rings. The fourth-order valence-corrected chi connectivity index (χ4v) is 2.33. The summed E-state index contributed by atoms with van der Waals surface area (Å²) >= 11 is 0. The molecule has 8 heteroatoms. The van der Waals surface area contributed by atoms with Crippen LogP contribution >= 0.6 is 0 Å². The summed E-state index contributed by atoms with van der Waals surface area (Å²) in [6.45, 7) is 1.10. The normalized spacial score (nSPS) is 11.2. The average Bonchev–Trinajstić information content (AvgIpc) is 2.45. The monoisotopic (exact) mass is 322 g/mol. The number of benzene rings is 1. The van der Waals surface area contributed by atoms with E-state index in [2.05, 4.69) is 5.10 Å². The Labute approximate surface area is 127 Å². The standard InChI is InChI=1S/C14H14N2O5S/c1-10(17)9-21-16-14(18)7-12(8-15-16)11-3-5-13(6-4-11)22(2,19)20/h3-8H,9H2,1-2H3. The number of carbonyl (C=O) groups excluding carboxylic acids is 1. The average molecular weight is 322 g/mol. The summed E-state index contributed by atoms with van der Waals surface area (Å²) in [5, 5.41) is 3.81. The Morgan fingerprint density at radius 3 is 2.36 bits per heavy atom. The van der Waals surface area contributed by atoms with Gasteiger partial charge in [-0.1, -0.05) is 17.0 Å². The first-order valence-corrected chi connectivity index (χ1v) is 8.19. The van der Waals surface area contributed by atoms with Crippen molar-refractivity contribution in [1.82, 2.24) is 9.94 Å². The Morgan fingerprint density at radius 1 is 1.23 bits per heavy atom. The van der Waals surface area contributed by atoms with E-state index in [0.717, 1.165) is 11.1 Å². The first-order chi connectivity index (χ1) is 10.3. The van der Waals surface area contributed by atoms with Crippen molar-refractivity contribution in [3.8, 4) is 11.1 Å². The van der Waals surface area contributed by atoms with Gasteiger partial charge in [-0.05, 0) is 24.6 Å². The predicted octanol–water partition coefficient (Wildman–Crippen LogP) is 0.331. The van der Waals surface area contributed by atoms with Crippen molar-refractivity contribution in [3.05, 3.63) is 46.9 Å². The Balaban J connectivity index is 2.28. The minimum Gasteiger partial charge on any atom is -0.386 e. The van der Waals surface area contributed by atoms with Crippen LogP contribution in [0, 0.1) is 0 Å². The molecule has 0 saturated carbocycles.